The number of rotatable bonds is 6. The van der Waals surface area contributed by atoms with E-state index < -0.39 is 12.5 Å². The Morgan fingerprint density at radius 1 is 1.46 bits per heavy atom. The predicted octanol–water partition coefficient (Wildman–Crippen LogP) is 1.73. The summed E-state index contributed by atoms with van der Waals surface area (Å²) in [6.45, 7) is 2.49. The smallest absolute Gasteiger partial charge is 0.283 e. The van der Waals surface area contributed by atoms with Gasteiger partial charge in [-0.15, -0.1) is 0 Å². The number of aliphatic hydroxyl groups excluding tert-OH is 1. The minimum Gasteiger partial charge on any atom is -0.390 e. The molecule has 2 nitrogen and oxygen atoms in total. The van der Waals surface area contributed by atoms with E-state index in [1.54, 1.807) is 11.9 Å². The molecule has 0 aromatic carbocycles. The maximum Gasteiger partial charge on any atom is 0.283 e. The molecule has 0 aliphatic rings. The van der Waals surface area contributed by atoms with Gasteiger partial charge in [0.2, 0.25) is 0 Å². The van der Waals surface area contributed by atoms with Crippen LogP contribution in [0.2, 0.25) is 0 Å². The number of hydrogen-bond donors (Lipinski definition) is 1. The molecule has 1 N–H and O–H groups in total. The van der Waals surface area contributed by atoms with E-state index in [4.69, 9.17) is 5.11 Å². The number of nitrogens with zero attached hydrogens (tertiary/aromatic N) is 1. The Morgan fingerprint density at radius 2 is 2.00 bits per heavy atom. The van der Waals surface area contributed by atoms with Gasteiger partial charge in [0.15, 0.2) is 0 Å². The van der Waals surface area contributed by atoms with Crippen LogP contribution in [0.3, 0.4) is 0 Å². The molecular formula is C9H19F2NO. The largest absolute Gasteiger partial charge is 0.390 e. The van der Waals surface area contributed by atoms with Gasteiger partial charge in [0.05, 0.1) is 6.54 Å². The Labute approximate surface area is 78.5 Å². The highest BCUT2D eigenvalue weighted by Crippen LogP contribution is 2.15. The first kappa shape index (κ1) is 12.8. The summed E-state index contributed by atoms with van der Waals surface area (Å²) in [7, 11) is 1.66. The molecule has 0 amide bonds. The number of halogens is 2. The zero-order valence-electron chi connectivity index (χ0n) is 8.56. The van der Waals surface area contributed by atoms with Crippen molar-refractivity contribution in [1.29, 1.82) is 0 Å². The van der Waals surface area contributed by atoms with Gasteiger partial charge in [-0.25, -0.2) is 8.78 Å². The van der Waals surface area contributed by atoms with Crippen LogP contribution >= 0.6 is 0 Å². The molecule has 0 aliphatic carbocycles. The lowest BCUT2D eigenvalue weighted by atomic mass is 10.1. The second kappa shape index (κ2) is 5.50. The highest BCUT2D eigenvalue weighted by molar-refractivity contribution is 4.72. The molecule has 0 heterocycles. The van der Waals surface area contributed by atoms with Crippen LogP contribution in [0.5, 0.6) is 0 Å². The van der Waals surface area contributed by atoms with Crippen molar-refractivity contribution in [2.24, 2.45) is 0 Å². The van der Waals surface area contributed by atoms with Crippen molar-refractivity contribution >= 4 is 0 Å². The van der Waals surface area contributed by atoms with Crippen LogP contribution in [0.15, 0.2) is 0 Å². The molecule has 0 aromatic heterocycles. The first-order chi connectivity index (χ1) is 5.93. The van der Waals surface area contributed by atoms with Crippen LogP contribution in [-0.2, 0) is 0 Å². The van der Waals surface area contributed by atoms with Gasteiger partial charge in [0.1, 0.15) is 6.61 Å². The molecule has 0 bridgehead atoms. The number of alkyl halides is 2. The van der Waals surface area contributed by atoms with Crippen molar-refractivity contribution in [2.45, 2.75) is 38.7 Å². The fraction of sp³-hybridized carbons (Fsp3) is 1.00. The maximum absolute atomic E-state index is 12.7. The molecule has 0 unspecified atom stereocenters. The molecule has 0 saturated heterocycles. The Bertz CT molecular complexity index is 142. The normalized spacial score (nSPS) is 15.0. The molecule has 0 saturated carbocycles. The van der Waals surface area contributed by atoms with Crippen molar-refractivity contribution in [3.8, 4) is 0 Å². The van der Waals surface area contributed by atoms with Crippen LogP contribution in [0.4, 0.5) is 8.78 Å². The molecule has 0 aliphatic heterocycles. The Balaban J connectivity index is 3.91. The lowest BCUT2D eigenvalue weighted by Gasteiger charge is -2.27. The number of aliphatic hydroxyl groups is 1. The van der Waals surface area contributed by atoms with Gasteiger partial charge in [-0.1, -0.05) is 13.3 Å². The van der Waals surface area contributed by atoms with E-state index in [-0.39, 0.29) is 12.6 Å². The maximum atomic E-state index is 12.7. The summed E-state index contributed by atoms with van der Waals surface area (Å²) in [6.07, 6.45) is 1.88. The molecule has 13 heavy (non-hydrogen) atoms. The summed E-state index contributed by atoms with van der Waals surface area (Å²) in [4.78, 5) is 1.58. The molecule has 0 fully saturated rings. The van der Waals surface area contributed by atoms with Crippen LogP contribution in [0.25, 0.3) is 0 Å². The standard InChI is InChI=1S/C9H19F2NO/c1-4-5-8(2)12(3)6-9(10,11)7-13/h8,13H,4-7H2,1-3H3/t8-/m1/s1. The summed E-state index contributed by atoms with van der Waals surface area (Å²) in [5.41, 5.74) is 0. The van der Waals surface area contributed by atoms with Gasteiger partial charge in [-0.3, -0.25) is 4.90 Å². The topological polar surface area (TPSA) is 23.5 Å². The Hall–Kier alpha value is -0.220. The van der Waals surface area contributed by atoms with Gasteiger partial charge < -0.3 is 5.11 Å². The van der Waals surface area contributed by atoms with E-state index >= 15 is 0 Å². The van der Waals surface area contributed by atoms with Crippen molar-refractivity contribution in [1.82, 2.24) is 4.90 Å². The summed E-state index contributed by atoms with van der Waals surface area (Å²) in [5.74, 6) is -2.98. The van der Waals surface area contributed by atoms with Crippen LogP contribution < -0.4 is 0 Å². The molecule has 0 spiro atoms. The molecule has 0 radical (unpaired) electrons. The van der Waals surface area contributed by atoms with E-state index in [0.29, 0.717) is 0 Å². The van der Waals surface area contributed by atoms with Gasteiger partial charge >= 0.3 is 0 Å². The van der Waals surface area contributed by atoms with Crippen molar-refractivity contribution in [2.75, 3.05) is 20.2 Å². The van der Waals surface area contributed by atoms with E-state index in [9.17, 15) is 8.78 Å². The highest BCUT2D eigenvalue weighted by Gasteiger charge is 2.30. The summed E-state index contributed by atoms with van der Waals surface area (Å²) < 4.78 is 25.4. The van der Waals surface area contributed by atoms with Gasteiger partial charge in [0.25, 0.3) is 5.92 Å². The minimum atomic E-state index is -2.98. The quantitative estimate of drug-likeness (QED) is 0.697. The first-order valence-electron chi connectivity index (χ1n) is 4.62. The van der Waals surface area contributed by atoms with Crippen LogP contribution in [0, 0.1) is 0 Å². The fourth-order valence-electron chi connectivity index (χ4n) is 1.21. The highest BCUT2D eigenvalue weighted by atomic mass is 19.3. The molecule has 80 valence electrons. The van der Waals surface area contributed by atoms with E-state index in [2.05, 4.69) is 0 Å². The molecular weight excluding hydrogens is 176 g/mol. The second-order valence-electron chi connectivity index (χ2n) is 3.57. The zero-order chi connectivity index (χ0) is 10.5. The zero-order valence-corrected chi connectivity index (χ0v) is 8.56. The van der Waals surface area contributed by atoms with E-state index in [0.717, 1.165) is 12.8 Å². The minimum absolute atomic E-state index is 0.141. The molecule has 4 heteroatoms. The summed E-state index contributed by atoms with van der Waals surface area (Å²) >= 11 is 0. The van der Waals surface area contributed by atoms with E-state index in [1.165, 1.54) is 0 Å². The lowest BCUT2D eigenvalue weighted by molar-refractivity contribution is -0.0743. The Morgan fingerprint density at radius 3 is 2.38 bits per heavy atom. The summed E-state index contributed by atoms with van der Waals surface area (Å²) in [5, 5.41) is 8.38. The first-order valence-corrected chi connectivity index (χ1v) is 4.62. The third-order valence-corrected chi connectivity index (χ3v) is 2.17. The molecule has 0 aromatic rings. The number of hydrogen-bond acceptors (Lipinski definition) is 2. The third-order valence-electron chi connectivity index (χ3n) is 2.17. The third kappa shape index (κ3) is 5.16. The van der Waals surface area contributed by atoms with Crippen molar-refractivity contribution in [3.05, 3.63) is 0 Å². The Kier molecular flexibility index (Phi) is 5.40. The molecule has 0 rings (SSSR count). The monoisotopic (exact) mass is 195 g/mol. The molecule has 1 atom stereocenters. The van der Waals surface area contributed by atoms with Crippen molar-refractivity contribution < 1.29 is 13.9 Å². The average molecular weight is 195 g/mol. The van der Waals surface area contributed by atoms with Crippen molar-refractivity contribution in [3.63, 3.8) is 0 Å². The lowest BCUT2D eigenvalue weighted by Crippen LogP contribution is -2.41. The fourth-order valence-corrected chi connectivity index (χ4v) is 1.21. The van der Waals surface area contributed by atoms with Gasteiger partial charge in [0, 0.05) is 6.04 Å². The van der Waals surface area contributed by atoms with E-state index in [1.807, 2.05) is 13.8 Å². The average Bonchev–Trinajstić information content (AvgIpc) is 2.04. The van der Waals surface area contributed by atoms with Gasteiger partial charge in [-0.05, 0) is 20.4 Å². The second-order valence-corrected chi connectivity index (χ2v) is 3.57. The SMILES string of the molecule is CCC[C@@H](C)N(C)CC(F)(F)CO. The predicted molar refractivity (Wildman–Crippen MR) is 49.0 cm³/mol. The van der Waals surface area contributed by atoms with Gasteiger partial charge in [-0.2, -0.15) is 0 Å². The van der Waals surface area contributed by atoms with Crippen LogP contribution in [-0.4, -0.2) is 42.2 Å². The summed E-state index contributed by atoms with van der Waals surface area (Å²) in [6, 6.07) is 0.141. The van der Waals surface area contributed by atoms with Crippen LogP contribution in [0.1, 0.15) is 26.7 Å².